The minimum Gasteiger partial charge on any atom is -0.390 e. The lowest BCUT2D eigenvalue weighted by atomic mass is 9.71. The van der Waals surface area contributed by atoms with Gasteiger partial charge in [-0.15, -0.1) is 0 Å². The second-order valence-corrected chi connectivity index (χ2v) is 5.83. The molecule has 100 valence electrons. The molecule has 1 aromatic carbocycles. The molecule has 18 heavy (non-hydrogen) atoms. The number of aliphatic hydroxyl groups is 1. The van der Waals surface area contributed by atoms with Crippen molar-refractivity contribution in [3.05, 3.63) is 35.4 Å². The Balaban J connectivity index is 2.13. The maximum atomic E-state index is 13.6. The highest BCUT2D eigenvalue weighted by atomic mass is 19.1. The van der Waals surface area contributed by atoms with E-state index in [1.807, 2.05) is 0 Å². The van der Waals surface area contributed by atoms with Crippen molar-refractivity contribution in [3.63, 3.8) is 0 Å². The second kappa shape index (κ2) is 4.96. The van der Waals surface area contributed by atoms with Gasteiger partial charge in [0.2, 0.25) is 0 Å². The summed E-state index contributed by atoms with van der Waals surface area (Å²) in [6.45, 7) is 4.30. The highest BCUT2D eigenvalue weighted by Crippen LogP contribution is 2.38. The van der Waals surface area contributed by atoms with Crippen molar-refractivity contribution in [1.82, 2.24) is 0 Å². The molecule has 2 rings (SSSR count). The number of hydrogen-bond acceptors (Lipinski definition) is 1. The normalized spacial score (nSPS) is 32.5. The van der Waals surface area contributed by atoms with Crippen molar-refractivity contribution in [3.8, 4) is 0 Å². The Hall–Kier alpha value is -0.960. The van der Waals surface area contributed by atoms with Gasteiger partial charge in [0, 0.05) is 12.5 Å². The van der Waals surface area contributed by atoms with E-state index in [-0.39, 0.29) is 6.42 Å². The summed E-state index contributed by atoms with van der Waals surface area (Å²) in [6, 6.07) is 3.57. The van der Waals surface area contributed by atoms with Crippen molar-refractivity contribution < 1.29 is 13.9 Å². The third-order valence-electron chi connectivity index (χ3n) is 4.27. The molecule has 3 unspecified atom stereocenters. The van der Waals surface area contributed by atoms with Crippen molar-refractivity contribution in [2.75, 3.05) is 0 Å². The molecule has 1 aliphatic rings. The summed E-state index contributed by atoms with van der Waals surface area (Å²) in [5.74, 6) is -0.0980. The van der Waals surface area contributed by atoms with Crippen LogP contribution in [-0.2, 0) is 6.42 Å². The van der Waals surface area contributed by atoms with Crippen LogP contribution in [0.15, 0.2) is 18.2 Å². The second-order valence-electron chi connectivity index (χ2n) is 5.83. The summed E-state index contributed by atoms with van der Waals surface area (Å²) in [6.07, 6.45) is 2.61. The Bertz CT molecular complexity index is 433. The lowest BCUT2D eigenvalue weighted by Crippen LogP contribution is -2.39. The van der Waals surface area contributed by atoms with Crippen LogP contribution in [0.4, 0.5) is 8.78 Å². The van der Waals surface area contributed by atoms with E-state index in [0.717, 1.165) is 12.5 Å². The van der Waals surface area contributed by atoms with Crippen LogP contribution in [0.5, 0.6) is 0 Å². The van der Waals surface area contributed by atoms with Crippen LogP contribution in [0.25, 0.3) is 0 Å². The van der Waals surface area contributed by atoms with Gasteiger partial charge in [-0.1, -0.05) is 19.9 Å². The number of halogens is 2. The molecule has 1 aromatic rings. The van der Waals surface area contributed by atoms with Gasteiger partial charge in [0.25, 0.3) is 0 Å². The number of rotatable bonds is 2. The van der Waals surface area contributed by atoms with E-state index in [4.69, 9.17) is 0 Å². The molecule has 3 heteroatoms. The summed E-state index contributed by atoms with van der Waals surface area (Å²) in [4.78, 5) is 0. The molecular weight excluding hydrogens is 234 g/mol. The van der Waals surface area contributed by atoms with Gasteiger partial charge in [-0.25, -0.2) is 8.78 Å². The van der Waals surface area contributed by atoms with Gasteiger partial charge in [0.15, 0.2) is 0 Å². The van der Waals surface area contributed by atoms with Crippen molar-refractivity contribution >= 4 is 0 Å². The van der Waals surface area contributed by atoms with Crippen LogP contribution in [0.2, 0.25) is 0 Å². The zero-order chi connectivity index (χ0) is 13.3. The van der Waals surface area contributed by atoms with Crippen LogP contribution < -0.4 is 0 Å². The molecule has 0 bridgehead atoms. The molecule has 0 heterocycles. The van der Waals surface area contributed by atoms with Crippen molar-refractivity contribution in [2.45, 2.75) is 45.1 Å². The first-order valence-corrected chi connectivity index (χ1v) is 6.56. The summed E-state index contributed by atoms with van der Waals surface area (Å²) in [5, 5.41) is 10.5. The topological polar surface area (TPSA) is 20.2 Å². The van der Waals surface area contributed by atoms with Gasteiger partial charge < -0.3 is 5.11 Å². The molecule has 1 nitrogen and oxygen atoms in total. The molecule has 1 N–H and O–H groups in total. The van der Waals surface area contributed by atoms with E-state index in [1.54, 1.807) is 0 Å². The van der Waals surface area contributed by atoms with Crippen LogP contribution in [0.1, 0.15) is 38.7 Å². The molecule has 0 aliphatic heterocycles. The van der Waals surface area contributed by atoms with E-state index in [1.165, 1.54) is 12.1 Å². The average molecular weight is 254 g/mol. The van der Waals surface area contributed by atoms with Crippen molar-refractivity contribution in [1.29, 1.82) is 0 Å². The molecule has 1 saturated carbocycles. The predicted molar refractivity (Wildman–Crippen MR) is 67.2 cm³/mol. The highest BCUT2D eigenvalue weighted by Gasteiger charge is 2.36. The molecule has 0 aromatic heterocycles. The maximum absolute atomic E-state index is 13.6. The van der Waals surface area contributed by atoms with E-state index in [0.29, 0.717) is 30.2 Å². The third-order valence-corrected chi connectivity index (χ3v) is 4.27. The fourth-order valence-electron chi connectivity index (χ4n) is 2.86. The summed E-state index contributed by atoms with van der Waals surface area (Å²) < 4.78 is 26.4. The van der Waals surface area contributed by atoms with Gasteiger partial charge in [0.1, 0.15) is 11.6 Å². The first kappa shape index (κ1) is 13.5. The van der Waals surface area contributed by atoms with Crippen LogP contribution in [-0.4, -0.2) is 10.7 Å². The Morgan fingerprint density at radius 3 is 2.61 bits per heavy atom. The maximum Gasteiger partial charge on any atom is 0.129 e. The minimum atomic E-state index is -0.843. The average Bonchev–Trinajstić information content (AvgIpc) is 2.28. The molecular formula is C15H20F2O. The quantitative estimate of drug-likeness (QED) is 0.853. The Morgan fingerprint density at radius 1 is 1.28 bits per heavy atom. The number of hydrogen-bond donors (Lipinski definition) is 1. The largest absolute Gasteiger partial charge is 0.390 e. The fraction of sp³-hybridized carbons (Fsp3) is 0.600. The van der Waals surface area contributed by atoms with Crippen LogP contribution in [0, 0.1) is 23.5 Å². The standard InChI is InChI=1S/C15H20F2O/c1-10-5-6-15(18,8-11(10)2)9-12-3-4-13(16)7-14(12)17/h3-4,7,10-11,18H,5-6,8-9H2,1-2H3. The number of benzene rings is 1. The van der Waals surface area contributed by atoms with E-state index in [2.05, 4.69) is 13.8 Å². The lowest BCUT2D eigenvalue weighted by Gasteiger charge is -2.39. The first-order valence-electron chi connectivity index (χ1n) is 6.56. The molecule has 0 saturated heterocycles. The Morgan fingerprint density at radius 2 is 2.00 bits per heavy atom. The first-order chi connectivity index (χ1) is 8.39. The Kier molecular flexibility index (Phi) is 3.71. The summed E-state index contributed by atoms with van der Waals surface area (Å²) in [5.41, 5.74) is -0.439. The minimum absolute atomic E-state index is 0.274. The molecule has 0 spiro atoms. The zero-order valence-corrected chi connectivity index (χ0v) is 10.9. The van der Waals surface area contributed by atoms with Crippen LogP contribution in [0.3, 0.4) is 0 Å². The summed E-state index contributed by atoms with van der Waals surface area (Å²) in [7, 11) is 0. The van der Waals surface area contributed by atoms with E-state index >= 15 is 0 Å². The molecule has 1 aliphatic carbocycles. The Labute approximate surface area is 107 Å². The van der Waals surface area contributed by atoms with Gasteiger partial charge in [-0.2, -0.15) is 0 Å². The monoisotopic (exact) mass is 254 g/mol. The van der Waals surface area contributed by atoms with Crippen LogP contribution >= 0.6 is 0 Å². The summed E-state index contributed by atoms with van der Waals surface area (Å²) >= 11 is 0. The molecule has 0 amide bonds. The van der Waals surface area contributed by atoms with Gasteiger partial charge in [-0.05, 0) is 42.7 Å². The van der Waals surface area contributed by atoms with Gasteiger partial charge >= 0.3 is 0 Å². The van der Waals surface area contributed by atoms with E-state index < -0.39 is 17.2 Å². The van der Waals surface area contributed by atoms with Gasteiger partial charge in [-0.3, -0.25) is 0 Å². The SMILES string of the molecule is CC1CCC(O)(Cc2ccc(F)cc2F)CC1C. The lowest BCUT2D eigenvalue weighted by molar-refractivity contribution is -0.0285. The third kappa shape index (κ3) is 2.89. The molecule has 3 atom stereocenters. The van der Waals surface area contributed by atoms with Crippen molar-refractivity contribution in [2.24, 2.45) is 11.8 Å². The highest BCUT2D eigenvalue weighted by molar-refractivity contribution is 5.20. The molecule has 0 radical (unpaired) electrons. The fourth-order valence-corrected chi connectivity index (χ4v) is 2.86. The smallest absolute Gasteiger partial charge is 0.129 e. The van der Waals surface area contributed by atoms with E-state index in [9.17, 15) is 13.9 Å². The van der Waals surface area contributed by atoms with Gasteiger partial charge in [0.05, 0.1) is 5.60 Å². The zero-order valence-electron chi connectivity index (χ0n) is 10.9. The predicted octanol–water partition coefficient (Wildman–Crippen LogP) is 3.69. The molecule has 1 fully saturated rings.